The molecule has 0 aliphatic heterocycles. The number of hydrogen-bond donors (Lipinski definition) is 3. The molecule has 27 heavy (non-hydrogen) atoms. The fourth-order valence-corrected chi connectivity index (χ4v) is 2.93. The highest BCUT2D eigenvalue weighted by Gasteiger charge is 2.20. The molecular weight excluding hydrogens is 350 g/mol. The first-order valence-electron chi connectivity index (χ1n) is 8.30. The van der Waals surface area contributed by atoms with Gasteiger partial charge in [-0.25, -0.2) is 4.79 Å². The predicted octanol–water partition coefficient (Wildman–Crippen LogP) is 1.67. The molecule has 0 fully saturated rings. The quantitative estimate of drug-likeness (QED) is 0.586. The summed E-state index contributed by atoms with van der Waals surface area (Å²) in [6.45, 7) is -0.219. The molecule has 1 heterocycles. The first-order valence-corrected chi connectivity index (χ1v) is 8.30. The zero-order chi connectivity index (χ0) is 19.4. The van der Waals surface area contributed by atoms with Gasteiger partial charge in [0.1, 0.15) is 12.3 Å². The molecule has 0 radical (unpaired) electrons. The van der Waals surface area contributed by atoms with Crippen molar-refractivity contribution in [2.45, 2.75) is 19.0 Å². The molecule has 0 bridgehead atoms. The van der Waals surface area contributed by atoms with Gasteiger partial charge < -0.3 is 20.1 Å². The fraction of sp³-hybridized carbons (Fsp3) is 0.211. The largest absolute Gasteiger partial charge is 0.497 e. The molecule has 3 N–H and O–H groups in total. The van der Waals surface area contributed by atoms with Gasteiger partial charge in [0.05, 0.1) is 30.6 Å². The number of aromatic nitrogens is 2. The molecule has 3 aromatic rings. The molecule has 0 saturated carbocycles. The number of fused-ring (bicyclic) bond motifs is 1. The molecule has 0 aliphatic carbocycles. The highest BCUT2D eigenvalue weighted by molar-refractivity contribution is 5.81. The second-order valence-corrected chi connectivity index (χ2v) is 6.03. The summed E-state index contributed by atoms with van der Waals surface area (Å²) in [5.41, 5.74) is 1.44. The highest BCUT2D eigenvalue weighted by Crippen LogP contribution is 2.22. The third-order valence-electron chi connectivity index (χ3n) is 4.19. The minimum Gasteiger partial charge on any atom is -0.497 e. The number of hydrogen-bond acceptors (Lipinski definition) is 4. The number of benzene rings is 2. The van der Waals surface area contributed by atoms with Crippen molar-refractivity contribution in [2.24, 2.45) is 0 Å². The van der Waals surface area contributed by atoms with Gasteiger partial charge in [-0.3, -0.25) is 14.2 Å². The van der Waals surface area contributed by atoms with Crippen LogP contribution in [0.15, 0.2) is 53.3 Å². The molecule has 1 unspecified atom stereocenters. The highest BCUT2D eigenvalue weighted by atomic mass is 16.5. The number of ether oxygens (including phenoxy) is 1. The number of carboxylic acid groups (broad SMARTS) is 1. The summed E-state index contributed by atoms with van der Waals surface area (Å²) in [5.74, 6) is -0.951. The Morgan fingerprint density at radius 3 is 2.74 bits per heavy atom. The van der Waals surface area contributed by atoms with E-state index in [2.05, 4.69) is 10.3 Å². The summed E-state index contributed by atoms with van der Waals surface area (Å²) in [6.07, 6.45) is -0.290. The number of imidazole rings is 1. The van der Waals surface area contributed by atoms with Crippen molar-refractivity contribution in [1.29, 1.82) is 0 Å². The molecule has 0 spiro atoms. The van der Waals surface area contributed by atoms with E-state index in [0.29, 0.717) is 22.3 Å². The van der Waals surface area contributed by atoms with E-state index in [-0.39, 0.29) is 13.0 Å². The van der Waals surface area contributed by atoms with E-state index in [9.17, 15) is 19.5 Å². The predicted molar refractivity (Wildman–Crippen MR) is 98.7 cm³/mol. The lowest BCUT2D eigenvalue weighted by atomic mass is 10.0. The molecule has 3 rings (SSSR count). The van der Waals surface area contributed by atoms with Crippen molar-refractivity contribution in [1.82, 2.24) is 14.9 Å². The van der Waals surface area contributed by atoms with Gasteiger partial charge in [-0.1, -0.05) is 24.3 Å². The molecule has 8 nitrogen and oxygen atoms in total. The zero-order valence-corrected chi connectivity index (χ0v) is 14.6. The number of aliphatic carboxylic acids is 1. The number of H-pyrrole nitrogens is 1. The number of para-hydroxylation sites is 2. The van der Waals surface area contributed by atoms with Gasteiger partial charge in [-0.15, -0.1) is 0 Å². The van der Waals surface area contributed by atoms with Crippen LogP contribution < -0.4 is 15.7 Å². The first kappa shape index (κ1) is 18.2. The van der Waals surface area contributed by atoms with Crippen molar-refractivity contribution in [3.05, 3.63) is 64.6 Å². The lowest BCUT2D eigenvalue weighted by Crippen LogP contribution is -2.35. The van der Waals surface area contributed by atoms with Gasteiger partial charge in [0.2, 0.25) is 5.91 Å². The average Bonchev–Trinajstić information content (AvgIpc) is 2.96. The molecule has 2 aromatic carbocycles. The van der Waals surface area contributed by atoms with E-state index in [4.69, 9.17) is 4.74 Å². The molecule has 1 aromatic heterocycles. The average molecular weight is 369 g/mol. The lowest BCUT2D eigenvalue weighted by molar-refractivity contribution is -0.137. The van der Waals surface area contributed by atoms with E-state index < -0.39 is 23.6 Å². The van der Waals surface area contributed by atoms with Crippen LogP contribution >= 0.6 is 0 Å². The first-order chi connectivity index (χ1) is 13.0. The third-order valence-corrected chi connectivity index (χ3v) is 4.19. The Balaban J connectivity index is 1.82. The van der Waals surface area contributed by atoms with Crippen LogP contribution in [0.2, 0.25) is 0 Å². The van der Waals surface area contributed by atoms with Crippen molar-refractivity contribution >= 4 is 22.9 Å². The van der Waals surface area contributed by atoms with Crippen molar-refractivity contribution in [2.75, 3.05) is 7.11 Å². The summed E-state index contributed by atoms with van der Waals surface area (Å²) in [6, 6.07) is 13.1. The number of amides is 1. The zero-order valence-electron chi connectivity index (χ0n) is 14.6. The van der Waals surface area contributed by atoms with Crippen LogP contribution in [0, 0.1) is 0 Å². The Labute approximate surface area is 154 Å². The van der Waals surface area contributed by atoms with Crippen LogP contribution in [0.3, 0.4) is 0 Å². The fourth-order valence-electron chi connectivity index (χ4n) is 2.93. The maximum atomic E-state index is 12.5. The minimum absolute atomic E-state index is 0.219. The third kappa shape index (κ3) is 4.17. The van der Waals surface area contributed by atoms with Crippen LogP contribution in [-0.2, 0) is 16.1 Å². The maximum Gasteiger partial charge on any atom is 0.326 e. The van der Waals surface area contributed by atoms with Gasteiger partial charge in [-0.05, 0) is 29.8 Å². The number of carbonyl (C=O) groups is 2. The summed E-state index contributed by atoms with van der Waals surface area (Å²) < 4.78 is 6.47. The van der Waals surface area contributed by atoms with Crippen LogP contribution in [0.4, 0.5) is 0 Å². The second kappa shape index (κ2) is 7.77. The number of nitrogens with zero attached hydrogens (tertiary/aromatic N) is 1. The Morgan fingerprint density at radius 1 is 1.22 bits per heavy atom. The molecule has 8 heteroatoms. The second-order valence-electron chi connectivity index (χ2n) is 6.03. The molecule has 1 atom stereocenters. The van der Waals surface area contributed by atoms with Crippen LogP contribution in [0.25, 0.3) is 11.0 Å². The molecular formula is C19H19N3O5. The van der Waals surface area contributed by atoms with Gasteiger partial charge in [0.25, 0.3) is 0 Å². The lowest BCUT2D eigenvalue weighted by Gasteiger charge is -2.18. The number of carboxylic acids is 1. The Bertz CT molecular complexity index is 1040. The van der Waals surface area contributed by atoms with Crippen molar-refractivity contribution in [3.8, 4) is 5.75 Å². The minimum atomic E-state index is -1.05. The molecule has 0 saturated heterocycles. The SMILES string of the molecule is COc1cccc(C(CC(=O)O)NC(=O)Cn2c(=O)[nH]c3ccccc32)c1. The standard InChI is InChI=1S/C19H19N3O5/c1-27-13-6-4-5-12(9-13)15(10-18(24)25)20-17(23)11-22-16-8-3-2-7-14(16)21-19(22)26/h2-9,15H,10-11H2,1H3,(H,20,23)(H,21,26)(H,24,25). The van der Waals surface area contributed by atoms with E-state index in [1.807, 2.05) is 0 Å². The molecule has 1 amide bonds. The molecule has 0 aliphatic rings. The van der Waals surface area contributed by atoms with Crippen molar-refractivity contribution in [3.63, 3.8) is 0 Å². The van der Waals surface area contributed by atoms with Crippen LogP contribution in [0.5, 0.6) is 5.75 Å². The Kier molecular flexibility index (Phi) is 5.25. The molecule has 140 valence electrons. The number of aromatic amines is 1. The van der Waals surface area contributed by atoms with E-state index in [1.54, 1.807) is 48.5 Å². The normalized spacial score (nSPS) is 11.9. The summed E-state index contributed by atoms with van der Waals surface area (Å²) in [4.78, 5) is 38.5. The number of rotatable bonds is 7. The van der Waals surface area contributed by atoms with E-state index in [0.717, 1.165) is 0 Å². The van der Waals surface area contributed by atoms with E-state index in [1.165, 1.54) is 11.7 Å². The number of nitrogens with one attached hydrogen (secondary N) is 2. The summed E-state index contributed by atoms with van der Waals surface area (Å²) in [5, 5.41) is 11.9. The topological polar surface area (TPSA) is 113 Å². The number of methoxy groups -OCH3 is 1. The van der Waals surface area contributed by atoms with Crippen LogP contribution in [0.1, 0.15) is 18.0 Å². The summed E-state index contributed by atoms with van der Waals surface area (Å²) >= 11 is 0. The van der Waals surface area contributed by atoms with Gasteiger partial charge >= 0.3 is 11.7 Å². The van der Waals surface area contributed by atoms with Gasteiger partial charge in [-0.2, -0.15) is 0 Å². The van der Waals surface area contributed by atoms with Crippen LogP contribution in [-0.4, -0.2) is 33.6 Å². The smallest absolute Gasteiger partial charge is 0.326 e. The van der Waals surface area contributed by atoms with Gasteiger partial charge in [0, 0.05) is 0 Å². The summed E-state index contributed by atoms with van der Waals surface area (Å²) in [7, 11) is 1.51. The Morgan fingerprint density at radius 2 is 2.00 bits per heavy atom. The van der Waals surface area contributed by atoms with Gasteiger partial charge in [0.15, 0.2) is 0 Å². The Hall–Kier alpha value is -3.55. The van der Waals surface area contributed by atoms with Crippen molar-refractivity contribution < 1.29 is 19.4 Å². The monoisotopic (exact) mass is 369 g/mol. The number of carbonyl (C=O) groups excluding carboxylic acids is 1. The van der Waals surface area contributed by atoms with E-state index >= 15 is 0 Å². The maximum absolute atomic E-state index is 12.5.